The quantitative estimate of drug-likeness (QED) is 0.0264. The average Bonchev–Trinajstić information content (AvgIpc) is 3.73. The highest BCUT2D eigenvalue weighted by Crippen LogP contribution is 2.31. The fraction of sp³-hybridized carbons (Fsp3) is 0.317. The van der Waals surface area contributed by atoms with Crippen LogP contribution in [0.1, 0.15) is 47.6 Å². The van der Waals surface area contributed by atoms with Crippen molar-refractivity contribution in [3.05, 3.63) is 128 Å². The van der Waals surface area contributed by atoms with Crippen molar-refractivity contribution in [1.29, 1.82) is 0 Å². The van der Waals surface area contributed by atoms with Crippen LogP contribution in [0, 0.1) is 27.2 Å². The van der Waals surface area contributed by atoms with Crippen LogP contribution in [0.5, 0.6) is 0 Å². The van der Waals surface area contributed by atoms with Gasteiger partial charge in [0.25, 0.3) is 10.2 Å². The average molecular weight is 811 g/mol. The number of carbonyl (C=O) groups excluding carboxylic acids is 2. The highest BCUT2D eigenvalue weighted by molar-refractivity contribution is 5.97. The van der Waals surface area contributed by atoms with Crippen molar-refractivity contribution in [2.75, 3.05) is 26.4 Å². The minimum absolute atomic E-state index is 0.251. The van der Waals surface area contributed by atoms with E-state index in [1.807, 2.05) is 49.5 Å². The first-order valence-corrected chi connectivity index (χ1v) is 18.7. The smallest absolute Gasteiger partial charge is 0.432 e. The Morgan fingerprint density at radius 2 is 1.59 bits per heavy atom. The number of para-hydroxylation sites is 2. The second kappa shape index (κ2) is 18.9. The van der Waals surface area contributed by atoms with Crippen molar-refractivity contribution >= 4 is 34.2 Å². The minimum Gasteiger partial charge on any atom is -0.432 e. The van der Waals surface area contributed by atoms with Gasteiger partial charge in [0.15, 0.2) is 6.10 Å². The standard InChI is InChI=1S/C41H42N6O12/c1-5-10-37-43-38-26(2)21-30(39-42-34-13-8-9-14-35(34)44(39)4)22-36(38)45(37)23-28-15-17-29(18-16-28)32-11-6-7-12-33(32)40(48)57-27(3)58-41(49)55-20-19-54-24-31(59-47(52)53)25-56-46(50)51/h6-9,11-18,21-22,27,31H,5,10,19-20,23-25H2,1-4H3/t27?,31-/m1/s1. The fourth-order valence-corrected chi connectivity index (χ4v) is 6.63. The maximum absolute atomic E-state index is 13.3. The molecular weight excluding hydrogens is 768 g/mol. The van der Waals surface area contributed by atoms with E-state index in [0.717, 1.165) is 68.8 Å². The fourth-order valence-electron chi connectivity index (χ4n) is 6.63. The van der Waals surface area contributed by atoms with Gasteiger partial charge in [-0.05, 0) is 65.9 Å². The van der Waals surface area contributed by atoms with Gasteiger partial charge in [-0.1, -0.05) is 61.5 Å². The zero-order chi connectivity index (χ0) is 42.1. The van der Waals surface area contributed by atoms with Gasteiger partial charge in [0.05, 0.1) is 40.8 Å². The third-order valence-electron chi connectivity index (χ3n) is 9.28. The van der Waals surface area contributed by atoms with E-state index in [4.69, 9.17) is 28.9 Å². The molecule has 0 amide bonds. The Balaban J connectivity index is 1.09. The number of rotatable bonds is 19. The van der Waals surface area contributed by atoms with Crippen LogP contribution in [0.15, 0.2) is 84.9 Å². The van der Waals surface area contributed by atoms with Crippen LogP contribution in [-0.2, 0) is 48.6 Å². The molecule has 0 aliphatic heterocycles. The molecule has 0 aliphatic carbocycles. The van der Waals surface area contributed by atoms with Gasteiger partial charge in [-0.3, -0.25) is 0 Å². The van der Waals surface area contributed by atoms with Crippen molar-refractivity contribution in [2.45, 2.75) is 52.6 Å². The van der Waals surface area contributed by atoms with Crippen molar-refractivity contribution in [3.63, 3.8) is 0 Å². The molecule has 18 nitrogen and oxygen atoms in total. The number of esters is 1. The van der Waals surface area contributed by atoms with E-state index in [-0.39, 0.29) is 18.8 Å². The first kappa shape index (κ1) is 41.6. The van der Waals surface area contributed by atoms with Crippen LogP contribution >= 0.6 is 0 Å². The summed E-state index contributed by atoms with van der Waals surface area (Å²) in [5, 5.41) is 18.6. The van der Waals surface area contributed by atoms with Gasteiger partial charge in [0.1, 0.15) is 24.9 Å². The summed E-state index contributed by atoms with van der Waals surface area (Å²) in [5.41, 5.74) is 8.73. The number of aromatic nitrogens is 4. The molecule has 6 aromatic rings. The lowest BCUT2D eigenvalue weighted by Crippen LogP contribution is -2.30. The monoisotopic (exact) mass is 810 g/mol. The summed E-state index contributed by atoms with van der Waals surface area (Å²) in [6.45, 7) is 4.33. The molecule has 2 heterocycles. The Morgan fingerprint density at radius 1 is 0.847 bits per heavy atom. The highest BCUT2D eigenvalue weighted by atomic mass is 17.0. The number of carbonyl (C=O) groups is 2. The zero-order valence-electron chi connectivity index (χ0n) is 32.8. The Labute approximate surface area is 337 Å². The van der Waals surface area contributed by atoms with E-state index in [9.17, 15) is 29.8 Å². The van der Waals surface area contributed by atoms with Crippen LogP contribution in [0.4, 0.5) is 4.79 Å². The summed E-state index contributed by atoms with van der Waals surface area (Å²) >= 11 is 0. The van der Waals surface area contributed by atoms with E-state index in [1.54, 1.807) is 24.3 Å². The van der Waals surface area contributed by atoms with E-state index in [1.165, 1.54) is 6.92 Å². The summed E-state index contributed by atoms with van der Waals surface area (Å²) in [7, 11) is 2.03. The molecule has 0 saturated carbocycles. The van der Waals surface area contributed by atoms with Gasteiger partial charge in [0, 0.05) is 32.5 Å². The van der Waals surface area contributed by atoms with Gasteiger partial charge in [-0.25, -0.2) is 19.6 Å². The van der Waals surface area contributed by atoms with E-state index < -0.39 is 47.9 Å². The Morgan fingerprint density at radius 3 is 2.32 bits per heavy atom. The first-order chi connectivity index (χ1) is 28.4. The number of fused-ring (bicyclic) bond motifs is 2. The number of imidazole rings is 2. The lowest BCUT2D eigenvalue weighted by Gasteiger charge is -2.16. The van der Waals surface area contributed by atoms with Crippen LogP contribution < -0.4 is 0 Å². The molecule has 2 aromatic heterocycles. The Bertz CT molecular complexity index is 2460. The van der Waals surface area contributed by atoms with Crippen molar-refractivity contribution in [1.82, 2.24) is 19.1 Å². The molecule has 0 fully saturated rings. The molecule has 0 bridgehead atoms. The number of aryl methyl sites for hydroxylation is 3. The summed E-state index contributed by atoms with van der Waals surface area (Å²) < 4.78 is 24.8. The molecule has 0 spiro atoms. The molecule has 308 valence electrons. The Kier molecular flexibility index (Phi) is 13.3. The predicted molar refractivity (Wildman–Crippen MR) is 212 cm³/mol. The lowest BCUT2D eigenvalue weighted by atomic mass is 9.98. The number of hydrogen-bond donors (Lipinski definition) is 0. The number of ether oxygens (including phenoxy) is 4. The summed E-state index contributed by atoms with van der Waals surface area (Å²) in [4.78, 5) is 64.7. The molecule has 4 aromatic carbocycles. The van der Waals surface area contributed by atoms with Gasteiger partial charge in [-0.2, -0.15) is 0 Å². The molecule has 0 aliphatic rings. The van der Waals surface area contributed by atoms with Gasteiger partial charge in [0.2, 0.25) is 6.29 Å². The SMILES string of the molecule is CCCc1nc2c(C)cc(-c3nc4ccccc4n3C)cc2n1Cc1ccc(-c2ccccc2C(=O)OC(C)OC(=O)OCCOC[C@H](CO[N+](=O)[O-])O[N+](=O)[O-])cc1. The van der Waals surface area contributed by atoms with Gasteiger partial charge in [-0.15, -0.1) is 20.2 Å². The third-order valence-corrected chi connectivity index (χ3v) is 9.28. The number of nitrogens with zero attached hydrogens (tertiary/aromatic N) is 6. The topological polar surface area (TPSA) is 211 Å². The van der Waals surface area contributed by atoms with Crippen molar-refractivity contribution in [3.8, 4) is 22.5 Å². The van der Waals surface area contributed by atoms with Crippen LogP contribution in [-0.4, -0.2) is 80.2 Å². The number of benzene rings is 4. The maximum Gasteiger partial charge on any atom is 0.511 e. The first-order valence-electron chi connectivity index (χ1n) is 18.7. The molecular formula is C41H42N6O12. The summed E-state index contributed by atoms with van der Waals surface area (Å²) in [6, 6.07) is 27.2. The largest absolute Gasteiger partial charge is 0.511 e. The number of hydrogen-bond acceptors (Lipinski definition) is 14. The van der Waals surface area contributed by atoms with E-state index in [0.29, 0.717) is 12.1 Å². The molecule has 6 rings (SSSR count). The molecule has 1 unspecified atom stereocenters. The maximum atomic E-state index is 13.3. The third kappa shape index (κ3) is 10.3. The minimum atomic E-state index is -1.39. The van der Waals surface area contributed by atoms with Gasteiger partial charge >= 0.3 is 12.1 Å². The van der Waals surface area contributed by atoms with Crippen molar-refractivity contribution < 1.29 is 48.4 Å². The lowest BCUT2D eigenvalue weighted by molar-refractivity contribution is -0.790. The zero-order valence-corrected chi connectivity index (χ0v) is 32.8. The molecule has 0 N–H and O–H groups in total. The molecule has 2 atom stereocenters. The van der Waals surface area contributed by atoms with Crippen molar-refractivity contribution in [2.24, 2.45) is 7.05 Å². The molecule has 18 heteroatoms. The van der Waals surface area contributed by atoms with Crippen LogP contribution in [0.25, 0.3) is 44.6 Å². The predicted octanol–water partition coefficient (Wildman–Crippen LogP) is 7.02. The second-order valence-electron chi connectivity index (χ2n) is 13.5. The van der Waals surface area contributed by atoms with Crippen LogP contribution in [0.3, 0.4) is 0 Å². The summed E-state index contributed by atoms with van der Waals surface area (Å²) in [6.07, 6.45) is -2.13. The molecule has 59 heavy (non-hydrogen) atoms. The van der Waals surface area contributed by atoms with E-state index >= 15 is 0 Å². The molecule has 0 saturated heterocycles. The second-order valence-corrected chi connectivity index (χ2v) is 13.5. The molecule has 0 radical (unpaired) electrons. The Hall–Kier alpha value is -7.08. The van der Waals surface area contributed by atoms with Crippen LogP contribution in [0.2, 0.25) is 0 Å². The van der Waals surface area contributed by atoms with Gasteiger partial charge < -0.3 is 37.8 Å². The van der Waals surface area contributed by atoms with E-state index in [2.05, 4.69) is 50.9 Å². The normalized spacial score (nSPS) is 12.2. The highest BCUT2D eigenvalue weighted by Gasteiger charge is 2.22. The summed E-state index contributed by atoms with van der Waals surface area (Å²) in [5.74, 6) is 1.14.